The first-order valence-corrected chi connectivity index (χ1v) is 7.73. The highest BCUT2D eigenvalue weighted by atomic mass is 16.2. The second kappa shape index (κ2) is 6.24. The normalized spacial score (nSPS) is 15.2. The molecule has 23 heavy (non-hydrogen) atoms. The first kappa shape index (κ1) is 15.3. The minimum absolute atomic E-state index is 0.0150. The van der Waals surface area contributed by atoms with Crippen LogP contribution in [0.15, 0.2) is 36.4 Å². The Bertz CT molecular complexity index is 723. The number of nitrogens with zero attached hydrogens (tertiary/aromatic N) is 3. The summed E-state index contributed by atoms with van der Waals surface area (Å²) in [6, 6.07) is 11.5. The summed E-state index contributed by atoms with van der Waals surface area (Å²) in [6.45, 7) is 4.40. The minimum Gasteiger partial charge on any atom is -0.348 e. The number of fused-ring (bicyclic) bond motifs is 1. The number of carbonyl (C=O) groups is 2. The Hall–Kier alpha value is -2.63. The highest BCUT2D eigenvalue weighted by Gasteiger charge is 2.27. The van der Waals surface area contributed by atoms with Crippen molar-refractivity contribution < 1.29 is 9.59 Å². The van der Waals surface area contributed by atoms with Gasteiger partial charge in [0.15, 0.2) is 0 Å². The summed E-state index contributed by atoms with van der Waals surface area (Å²) in [5.41, 5.74) is 1.88. The molecule has 0 radical (unpaired) electrons. The van der Waals surface area contributed by atoms with E-state index in [9.17, 15) is 9.59 Å². The lowest BCUT2D eigenvalue weighted by Crippen LogP contribution is -2.44. The van der Waals surface area contributed by atoms with Gasteiger partial charge in [0, 0.05) is 12.5 Å². The van der Waals surface area contributed by atoms with Crippen LogP contribution >= 0.6 is 0 Å². The van der Waals surface area contributed by atoms with E-state index in [4.69, 9.17) is 0 Å². The molecule has 1 atom stereocenters. The van der Waals surface area contributed by atoms with Crippen molar-refractivity contribution in [3.8, 4) is 0 Å². The molecule has 6 nitrogen and oxygen atoms in total. The molecule has 2 aromatic rings. The maximum absolute atomic E-state index is 12.3. The molecule has 1 aromatic carbocycles. The van der Waals surface area contributed by atoms with E-state index < -0.39 is 0 Å². The second-order valence-corrected chi connectivity index (χ2v) is 5.80. The Kier molecular flexibility index (Phi) is 4.14. The number of nitrogens with one attached hydrogen (secondary N) is 1. The van der Waals surface area contributed by atoms with Crippen molar-refractivity contribution in [3.05, 3.63) is 47.7 Å². The van der Waals surface area contributed by atoms with Gasteiger partial charge in [-0.25, -0.2) is 4.68 Å². The fourth-order valence-corrected chi connectivity index (χ4v) is 2.80. The van der Waals surface area contributed by atoms with Crippen LogP contribution in [0, 0.1) is 6.92 Å². The molecular formula is C17H20N4O2. The fraction of sp³-hybridized carbons (Fsp3) is 0.353. The maximum atomic E-state index is 12.3. The zero-order valence-corrected chi connectivity index (χ0v) is 13.3. The zero-order chi connectivity index (χ0) is 16.4. The van der Waals surface area contributed by atoms with Crippen molar-refractivity contribution in [1.29, 1.82) is 0 Å². The summed E-state index contributed by atoms with van der Waals surface area (Å²) < 4.78 is 1.78. The Balaban J connectivity index is 1.69. The third-order valence-corrected chi connectivity index (χ3v) is 3.97. The predicted octanol–water partition coefficient (Wildman–Crippen LogP) is 1.81. The lowest BCUT2D eigenvalue weighted by atomic mass is 10.1. The topological polar surface area (TPSA) is 67.2 Å². The van der Waals surface area contributed by atoms with Crippen molar-refractivity contribution in [2.75, 3.05) is 11.4 Å². The van der Waals surface area contributed by atoms with Crippen LogP contribution in [0.2, 0.25) is 0 Å². The van der Waals surface area contributed by atoms with E-state index in [0.717, 1.165) is 11.3 Å². The molecule has 0 fully saturated rings. The SMILES string of the molecule is Cc1cc2n(n1)CCC(=O)N2CC(=O)NC(C)c1ccccc1. The first-order chi connectivity index (χ1) is 11.0. The zero-order valence-electron chi connectivity index (χ0n) is 13.3. The fourth-order valence-electron chi connectivity index (χ4n) is 2.80. The van der Waals surface area contributed by atoms with Crippen molar-refractivity contribution in [1.82, 2.24) is 15.1 Å². The molecule has 6 heteroatoms. The second-order valence-electron chi connectivity index (χ2n) is 5.80. The van der Waals surface area contributed by atoms with Gasteiger partial charge in [-0.1, -0.05) is 30.3 Å². The van der Waals surface area contributed by atoms with Gasteiger partial charge < -0.3 is 5.32 Å². The lowest BCUT2D eigenvalue weighted by Gasteiger charge is -2.27. The van der Waals surface area contributed by atoms with E-state index in [1.165, 1.54) is 4.90 Å². The van der Waals surface area contributed by atoms with Gasteiger partial charge in [-0.05, 0) is 19.4 Å². The van der Waals surface area contributed by atoms with Crippen LogP contribution in [0.3, 0.4) is 0 Å². The van der Waals surface area contributed by atoms with Crippen LogP contribution in [0.5, 0.6) is 0 Å². The van der Waals surface area contributed by atoms with E-state index in [1.807, 2.05) is 50.2 Å². The molecule has 0 aliphatic carbocycles. The van der Waals surface area contributed by atoms with E-state index in [-0.39, 0.29) is 24.4 Å². The number of aromatic nitrogens is 2. The van der Waals surface area contributed by atoms with Gasteiger partial charge in [-0.3, -0.25) is 14.5 Å². The van der Waals surface area contributed by atoms with Crippen LogP contribution in [-0.4, -0.2) is 28.1 Å². The molecule has 2 heterocycles. The smallest absolute Gasteiger partial charge is 0.240 e. The number of rotatable bonds is 4. The number of amides is 2. The number of carbonyl (C=O) groups excluding carboxylic acids is 2. The van der Waals surface area contributed by atoms with Crippen LogP contribution in [0.1, 0.15) is 30.6 Å². The van der Waals surface area contributed by atoms with Gasteiger partial charge in [-0.15, -0.1) is 0 Å². The van der Waals surface area contributed by atoms with Crippen molar-refractivity contribution in [2.45, 2.75) is 32.9 Å². The van der Waals surface area contributed by atoms with E-state index in [0.29, 0.717) is 18.8 Å². The summed E-state index contributed by atoms with van der Waals surface area (Å²) >= 11 is 0. The van der Waals surface area contributed by atoms with E-state index >= 15 is 0 Å². The summed E-state index contributed by atoms with van der Waals surface area (Å²) in [7, 11) is 0. The lowest BCUT2D eigenvalue weighted by molar-refractivity contribution is -0.124. The molecular weight excluding hydrogens is 292 g/mol. The Morgan fingerprint density at radius 1 is 1.35 bits per heavy atom. The van der Waals surface area contributed by atoms with Crippen LogP contribution < -0.4 is 10.2 Å². The van der Waals surface area contributed by atoms with Gasteiger partial charge in [0.2, 0.25) is 11.8 Å². The number of benzene rings is 1. The first-order valence-electron chi connectivity index (χ1n) is 7.73. The summed E-state index contributed by atoms with van der Waals surface area (Å²) in [5, 5.41) is 7.28. The Labute approximate surface area is 135 Å². The molecule has 1 unspecified atom stereocenters. The largest absolute Gasteiger partial charge is 0.348 e. The highest BCUT2D eigenvalue weighted by Crippen LogP contribution is 2.22. The van der Waals surface area contributed by atoms with Gasteiger partial charge in [-0.2, -0.15) is 5.10 Å². The molecule has 120 valence electrons. The highest BCUT2D eigenvalue weighted by molar-refractivity contribution is 5.99. The van der Waals surface area contributed by atoms with Crippen molar-refractivity contribution >= 4 is 17.6 Å². The molecule has 3 rings (SSSR count). The maximum Gasteiger partial charge on any atom is 0.240 e. The van der Waals surface area contributed by atoms with E-state index in [2.05, 4.69) is 10.4 Å². The standard InChI is InChI=1S/C17H20N4O2/c1-12-10-16-20(17(23)8-9-21(16)19-12)11-15(22)18-13(2)14-6-4-3-5-7-14/h3-7,10,13H,8-9,11H2,1-2H3,(H,18,22). The summed E-state index contributed by atoms with van der Waals surface area (Å²) in [5.74, 6) is 0.475. The number of hydrogen-bond acceptors (Lipinski definition) is 3. The van der Waals surface area contributed by atoms with Gasteiger partial charge >= 0.3 is 0 Å². The average Bonchev–Trinajstić information content (AvgIpc) is 2.92. The Morgan fingerprint density at radius 2 is 2.09 bits per heavy atom. The van der Waals surface area contributed by atoms with Crippen LogP contribution in [-0.2, 0) is 16.1 Å². The molecule has 0 spiro atoms. The van der Waals surface area contributed by atoms with Gasteiger partial charge in [0.25, 0.3) is 0 Å². The minimum atomic E-state index is -0.179. The molecule has 1 aliphatic rings. The third kappa shape index (κ3) is 3.26. The summed E-state index contributed by atoms with van der Waals surface area (Å²) in [6.07, 6.45) is 0.371. The molecule has 1 aliphatic heterocycles. The molecule has 1 N–H and O–H groups in total. The van der Waals surface area contributed by atoms with Crippen molar-refractivity contribution in [3.63, 3.8) is 0 Å². The van der Waals surface area contributed by atoms with Crippen molar-refractivity contribution in [2.24, 2.45) is 0 Å². The van der Waals surface area contributed by atoms with Gasteiger partial charge in [0.1, 0.15) is 12.4 Å². The van der Waals surface area contributed by atoms with E-state index in [1.54, 1.807) is 4.68 Å². The number of aryl methyl sites for hydroxylation is 2. The van der Waals surface area contributed by atoms with Gasteiger partial charge in [0.05, 0.1) is 18.3 Å². The van der Waals surface area contributed by atoms with Crippen LogP contribution in [0.25, 0.3) is 0 Å². The molecule has 0 saturated carbocycles. The average molecular weight is 312 g/mol. The summed E-state index contributed by atoms with van der Waals surface area (Å²) in [4.78, 5) is 26.0. The molecule has 2 amide bonds. The predicted molar refractivity (Wildman–Crippen MR) is 86.9 cm³/mol. The Morgan fingerprint density at radius 3 is 2.83 bits per heavy atom. The molecule has 0 bridgehead atoms. The van der Waals surface area contributed by atoms with Crippen LogP contribution in [0.4, 0.5) is 5.82 Å². The molecule has 1 aromatic heterocycles. The molecule has 0 saturated heterocycles. The number of anilines is 1. The third-order valence-electron chi connectivity index (χ3n) is 3.97. The quantitative estimate of drug-likeness (QED) is 0.936. The monoisotopic (exact) mass is 312 g/mol. The number of hydrogen-bond donors (Lipinski definition) is 1.